The first-order chi connectivity index (χ1) is 9.27. The second kappa shape index (κ2) is 5.10. The third-order valence-electron chi connectivity index (χ3n) is 3.49. The van der Waals surface area contributed by atoms with Crippen LogP contribution in [0, 0.1) is 0 Å². The molecule has 0 spiro atoms. The minimum absolute atomic E-state index is 0.134. The highest BCUT2D eigenvalue weighted by Crippen LogP contribution is 2.36. The zero-order valence-electron chi connectivity index (χ0n) is 10.7. The van der Waals surface area contributed by atoms with Gasteiger partial charge in [-0.15, -0.1) is 11.8 Å². The zero-order chi connectivity index (χ0) is 13.2. The van der Waals surface area contributed by atoms with Gasteiger partial charge in [0.2, 0.25) is 0 Å². The smallest absolute Gasteiger partial charge is 0.254 e. The molecule has 1 aliphatic heterocycles. The van der Waals surface area contributed by atoms with Gasteiger partial charge >= 0.3 is 0 Å². The third kappa shape index (κ3) is 2.26. The lowest BCUT2D eigenvalue weighted by molar-refractivity contribution is 0.0786. The number of amides is 1. The monoisotopic (exact) mass is 269 g/mol. The molecule has 0 saturated heterocycles. The summed E-state index contributed by atoms with van der Waals surface area (Å²) < 4.78 is 0. The van der Waals surface area contributed by atoms with E-state index >= 15 is 0 Å². The Kier molecular flexibility index (Phi) is 3.30. The summed E-state index contributed by atoms with van der Waals surface area (Å²) in [6, 6.07) is 18.4. The Morgan fingerprint density at radius 2 is 1.74 bits per heavy atom. The Hall–Kier alpha value is -1.74. The first kappa shape index (κ1) is 12.3. The first-order valence-corrected chi connectivity index (χ1v) is 7.30. The van der Waals surface area contributed by atoms with Crippen molar-refractivity contribution in [2.75, 3.05) is 12.8 Å². The molecule has 0 N–H and O–H groups in total. The number of nitrogens with zero attached hydrogens (tertiary/aromatic N) is 1. The molecule has 1 amide bonds. The Morgan fingerprint density at radius 3 is 2.53 bits per heavy atom. The maximum atomic E-state index is 12.1. The van der Waals surface area contributed by atoms with Gasteiger partial charge < -0.3 is 4.90 Å². The van der Waals surface area contributed by atoms with Gasteiger partial charge in [-0.05, 0) is 23.8 Å². The molecule has 96 valence electrons. The summed E-state index contributed by atoms with van der Waals surface area (Å²) in [5, 5.41) is 0. The largest absolute Gasteiger partial charge is 0.334 e. The van der Waals surface area contributed by atoms with E-state index in [1.54, 1.807) is 11.8 Å². The second-order valence-electron chi connectivity index (χ2n) is 4.64. The SMILES string of the molecule is CN1C(=O)c2ccccc2C1CSc1ccccc1. The Morgan fingerprint density at radius 1 is 1.05 bits per heavy atom. The predicted octanol–water partition coefficient (Wildman–Crippen LogP) is 3.61. The molecule has 19 heavy (non-hydrogen) atoms. The molecule has 0 aromatic heterocycles. The summed E-state index contributed by atoms with van der Waals surface area (Å²) in [5.74, 6) is 1.03. The van der Waals surface area contributed by atoms with Gasteiger partial charge in [0.25, 0.3) is 5.91 Å². The number of carbonyl (C=O) groups excluding carboxylic acids is 1. The van der Waals surface area contributed by atoms with E-state index in [-0.39, 0.29) is 11.9 Å². The lowest BCUT2D eigenvalue weighted by atomic mass is 10.1. The van der Waals surface area contributed by atoms with Crippen LogP contribution in [0.2, 0.25) is 0 Å². The number of hydrogen-bond acceptors (Lipinski definition) is 2. The van der Waals surface area contributed by atoms with Crippen LogP contribution < -0.4 is 0 Å². The molecule has 3 heteroatoms. The van der Waals surface area contributed by atoms with Crippen molar-refractivity contribution in [1.82, 2.24) is 4.90 Å². The normalized spacial score (nSPS) is 17.6. The number of carbonyl (C=O) groups is 1. The Bertz CT molecular complexity index is 597. The fourth-order valence-electron chi connectivity index (χ4n) is 2.42. The highest BCUT2D eigenvalue weighted by Gasteiger charge is 2.33. The van der Waals surface area contributed by atoms with Gasteiger partial charge in [-0.2, -0.15) is 0 Å². The molecule has 1 atom stereocenters. The number of rotatable bonds is 3. The van der Waals surface area contributed by atoms with Crippen LogP contribution in [0.5, 0.6) is 0 Å². The Balaban J connectivity index is 1.80. The van der Waals surface area contributed by atoms with Gasteiger partial charge in [-0.25, -0.2) is 0 Å². The lowest BCUT2D eigenvalue weighted by Crippen LogP contribution is -2.24. The molecule has 1 heterocycles. The summed E-state index contributed by atoms with van der Waals surface area (Å²) in [6.07, 6.45) is 0. The maximum Gasteiger partial charge on any atom is 0.254 e. The number of thioether (sulfide) groups is 1. The molecule has 0 bridgehead atoms. The molecule has 1 aliphatic rings. The maximum absolute atomic E-state index is 12.1. The standard InChI is InChI=1S/C16H15NOS/c1-17-15(11-19-12-7-3-2-4-8-12)13-9-5-6-10-14(13)16(17)18/h2-10,15H,11H2,1H3. The first-order valence-electron chi connectivity index (χ1n) is 6.31. The van der Waals surface area contributed by atoms with E-state index in [1.165, 1.54) is 4.90 Å². The third-order valence-corrected chi connectivity index (χ3v) is 4.58. The van der Waals surface area contributed by atoms with Crippen LogP contribution >= 0.6 is 11.8 Å². The molecule has 0 aliphatic carbocycles. The lowest BCUT2D eigenvalue weighted by Gasteiger charge is -2.20. The van der Waals surface area contributed by atoms with Crippen LogP contribution in [-0.2, 0) is 0 Å². The number of hydrogen-bond donors (Lipinski definition) is 0. The van der Waals surface area contributed by atoms with Crippen LogP contribution in [0.4, 0.5) is 0 Å². The van der Waals surface area contributed by atoms with Gasteiger partial charge in [0.15, 0.2) is 0 Å². The van der Waals surface area contributed by atoms with E-state index < -0.39 is 0 Å². The van der Waals surface area contributed by atoms with Crippen molar-refractivity contribution in [2.24, 2.45) is 0 Å². The quantitative estimate of drug-likeness (QED) is 0.793. The number of benzene rings is 2. The number of fused-ring (bicyclic) bond motifs is 1. The molecule has 2 aromatic carbocycles. The average Bonchev–Trinajstić information content (AvgIpc) is 2.71. The highest BCUT2D eigenvalue weighted by molar-refractivity contribution is 7.99. The van der Waals surface area contributed by atoms with E-state index in [1.807, 2.05) is 48.3 Å². The van der Waals surface area contributed by atoms with Gasteiger partial charge in [-0.3, -0.25) is 4.79 Å². The van der Waals surface area contributed by atoms with E-state index in [0.29, 0.717) is 0 Å². The van der Waals surface area contributed by atoms with Crippen molar-refractivity contribution in [3.8, 4) is 0 Å². The van der Waals surface area contributed by atoms with E-state index in [4.69, 9.17) is 0 Å². The van der Waals surface area contributed by atoms with Gasteiger partial charge in [0, 0.05) is 23.3 Å². The van der Waals surface area contributed by atoms with Crippen LogP contribution in [0.25, 0.3) is 0 Å². The fourth-order valence-corrected chi connectivity index (χ4v) is 3.52. The molecule has 0 saturated carbocycles. The molecular formula is C16H15NOS. The second-order valence-corrected chi connectivity index (χ2v) is 5.74. The van der Waals surface area contributed by atoms with Crippen molar-refractivity contribution in [3.63, 3.8) is 0 Å². The predicted molar refractivity (Wildman–Crippen MR) is 78.4 cm³/mol. The van der Waals surface area contributed by atoms with Crippen molar-refractivity contribution in [1.29, 1.82) is 0 Å². The molecule has 0 radical (unpaired) electrons. The summed E-state index contributed by atoms with van der Waals surface area (Å²) in [4.78, 5) is 15.2. The van der Waals surface area contributed by atoms with E-state index in [0.717, 1.165) is 16.9 Å². The summed E-state index contributed by atoms with van der Waals surface area (Å²) in [5.41, 5.74) is 2.00. The minimum Gasteiger partial charge on any atom is -0.334 e. The highest BCUT2D eigenvalue weighted by atomic mass is 32.2. The average molecular weight is 269 g/mol. The zero-order valence-corrected chi connectivity index (χ0v) is 11.6. The summed E-state index contributed by atoms with van der Waals surface area (Å²) >= 11 is 1.79. The van der Waals surface area contributed by atoms with E-state index in [9.17, 15) is 4.79 Å². The van der Waals surface area contributed by atoms with Crippen LogP contribution in [0.1, 0.15) is 22.0 Å². The van der Waals surface area contributed by atoms with Crippen molar-refractivity contribution >= 4 is 17.7 Å². The van der Waals surface area contributed by atoms with Gasteiger partial charge in [0.05, 0.1) is 6.04 Å². The fraction of sp³-hybridized carbons (Fsp3) is 0.188. The van der Waals surface area contributed by atoms with E-state index in [2.05, 4.69) is 18.2 Å². The van der Waals surface area contributed by atoms with Crippen molar-refractivity contribution in [3.05, 3.63) is 65.7 Å². The molecule has 1 unspecified atom stereocenters. The Labute approximate surface area is 117 Å². The summed E-state index contributed by atoms with van der Waals surface area (Å²) in [7, 11) is 1.89. The molecule has 2 nitrogen and oxygen atoms in total. The van der Waals surface area contributed by atoms with Crippen molar-refractivity contribution in [2.45, 2.75) is 10.9 Å². The van der Waals surface area contributed by atoms with Gasteiger partial charge in [-0.1, -0.05) is 36.4 Å². The van der Waals surface area contributed by atoms with Crippen LogP contribution in [0.3, 0.4) is 0 Å². The summed E-state index contributed by atoms with van der Waals surface area (Å²) in [6.45, 7) is 0. The molecular weight excluding hydrogens is 254 g/mol. The molecule has 0 fully saturated rings. The van der Waals surface area contributed by atoms with Crippen LogP contribution in [-0.4, -0.2) is 23.6 Å². The topological polar surface area (TPSA) is 20.3 Å². The molecule has 3 rings (SSSR count). The van der Waals surface area contributed by atoms with Crippen LogP contribution in [0.15, 0.2) is 59.5 Å². The van der Waals surface area contributed by atoms with Crippen molar-refractivity contribution < 1.29 is 4.79 Å². The molecule has 2 aromatic rings. The van der Waals surface area contributed by atoms with Gasteiger partial charge in [0.1, 0.15) is 0 Å². The minimum atomic E-state index is 0.134.